The first kappa shape index (κ1) is 11.6. The smallest absolute Gasteiger partial charge is 0.231 e. The van der Waals surface area contributed by atoms with Gasteiger partial charge in [-0.25, -0.2) is 5.43 Å². The van der Waals surface area contributed by atoms with Crippen LogP contribution in [0.4, 0.5) is 0 Å². The van der Waals surface area contributed by atoms with Gasteiger partial charge in [0.25, 0.3) is 0 Å². The molecule has 15 heavy (non-hydrogen) atoms. The third-order valence-electron chi connectivity index (χ3n) is 1.48. The zero-order valence-electron chi connectivity index (χ0n) is 7.61. The van der Waals surface area contributed by atoms with E-state index in [4.69, 9.17) is 34.8 Å². The van der Waals surface area contributed by atoms with Crippen molar-refractivity contribution in [3.8, 4) is 0 Å². The van der Waals surface area contributed by atoms with Crippen LogP contribution in [-0.4, -0.2) is 12.2 Å². The number of hydrogen-bond acceptors (Lipinski definition) is 3. The maximum atomic E-state index is 5.80. The van der Waals surface area contributed by atoms with Crippen LogP contribution in [0.2, 0.25) is 10.0 Å². The van der Waals surface area contributed by atoms with E-state index in [2.05, 4.69) is 15.6 Å². The molecule has 0 unspecified atom stereocenters. The van der Waals surface area contributed by atoms with Gasteiger partial charge in [0.05, 0.1) is 16.3 Å². The summed E-state index contributed by atoms with van der Waals surface area (Å²) in [6.45, 7) is 0. The van der Waals surface area contributed by atoms with Gasteiger partial charge < -0.3 is 11.6 Å². The first-order valence-corrected chi connectivity index (χ1v) is 4.66. The molecule has 0 atom stereocenters. The van der Waals surface area contributed by atoms with Crippen LogP contribution in [0.15, 0.2) is 28.4 Å². The minimum atomic E-state index is 0.0197. The van der Waals surface area contributed by atoms with Crippen LogP contribution in [0.5, 0.6) is 0 Å². The summed E-state index contributed by atoms with van der Waals surface area (Å²) in [6.07, 6.45) is 1.51. The van der Waals surface area contributed by atoms with Crippen molar-refractivity contribution in [2.45, 2.75) is 0 Å². The topological polar surface area (TPSA) is 88.8 Å². The Bertz CT molecular complexity index is 402. The molecule has 1 rings (SSSR count). The Morgan fingerprint density at radius 3 is 2.67 bits per heavy atom. The van der Waals surface area contributed by atoms with Crippen molar-refractivity contribution in [1.29, 1.82) is 0 Å². The molecule has 0 saturated carbocycles. The molecule has 80 valence electrons. The van der Waals surface area contributed by atoms with Gasteiger partial charge in [-0.3, -0.25) is 0 Å². The van der Waals surface area contributed by atoms with Gasteiger partial charge in [-0.2, -0.15) is 5.10 Å². The van der Waals surface area contributed by atoms with Crippen molar-refractivity contribution in [1.82, 2.24) is 5.43 Å². The lowest BCUT2D eigenvalue weighted by molar-refractivity contribution is 0.993. The van der Waals surface area contributed by atoms with Gasteiger partial charge in [0.1, 0.15) is 0 Å². The maximum Gasteiger partial charge on any atom is 0.231 e. The molecule has 0 fully saturated rings. The van der Waals surface area contributed by atoms with Crippen LogP contribution >= 0.6 is 23.2 Å². The van der Waals surface area contributed by atoms with Crippen molar-refractivity contribution in [2.75, 3.05) is 0 Å². The maximum absolute atomic E-state index is 5.80. The Balaban J connectivity index is 2.69. The Morgan fingerprint density at radius 2 is 2.07 bits per heavy atom. The van der Waals surface area contributed by atoms with Crippen molar-refractivity contribution in [2.24, 2.45) is 21.8 Å². The number of halogens is 2. The van der Waals surface area contributed by atoms with E-state index >= 15 is 0 Å². The number of rotatable bonds is 2. The summed E-state index contributed by atoms with van der Waals surface area (Å²) in [4.78, 5) is 0. The number of nitrogens with zero attached hydrogens (tertiary/aromatic N) is 2. The number of hydrogen-bond donors (Lipinski definition) is 3. The summed E-state index contributed by atoms with van der Waals surface area (Å²) in [7, 11) is 0. The third kappa shape index (κ3) is 3.65. The number of benzene rings is 1. The number of guanidine groups is 1. The van der Waals surface area contributed by atoms with E-state index in [1.807, 2.05) is 0 Å². The van der Waals surface area contributed by atoms with Gasteiger partial charge in [-0.15, -0.1) is 5.10 Å². The summed E-state index contributed by atoms with van der Waals surface area (Å²) in [5.74, 6) is 4.90. The molecule has 0 aliphatic heterocycles. The minimum Gasteiger partial charge on any atom is -0.367 e. The van der Waals surface area contributed by atoms with Crippen molar-refractivity contribution in [3.05, 3.63) is 33.8 Å². The lowest BCUT2D eigenvalue weighted by Crippen LogP contribution is -2.28. The molecule has 5 N–H and O–H groups in total. The molecule has 0 heterocycles. The Hall–Kier alpha value is -1.46. The van der Waals surface area contributed by atoms with Gasteiger partial charge in [0.2, 0.25) is 5.96 Å². The predicted molar refractivity (Wildman–Crippen MR) is 63.0 cm³/mol. The summed E-state index contributed by atoms with van der Waals surface area (Å²) < 4.78 is 0. The standard InChI is InChI=1S/C8H9Cl2N5/c9-6-2-1-5(3-7(6)10)4-13-15-8(11)14-12/h1-4H,12H2,(H3,11,14,15)/b13-4+. The van der Waals surface area contributed by atoms with E-state index in [1.165, 1.54) is 6.21 Å². The average molecular weight is 246 g/mol. The SMILES string of the molecule is N/N=C(/N)N/N=C/c1ccc(Cl)c(Cl)c1. The molecular weight excluding hydrogens is 237 g/mol. The highest BCUT2D eigenvalue weighted by Crippen LogP contribution is 2.21. The fourth-order valence-corrected chi connectivity index (χ4v) is 1.10. The average Bonchev–Trinajstić information content (AvgIpc) is 2.23. The fraction of sp³-hybridized carbons (Fsp3) is 0. The second-order valence-corrected chi connectivity index (χ2v) is 3.37. The second-order valence-electron chi connectivity index (χ2n) is 2.56. The van der Waals surface area contributed by atoms with E-state index in [-0.39, 0.29) is 5.96 Å². The van der Waals surface area contributed by atoms with E-state index in [0.29, 0.717) is 10.0 Å². The van der Waals surface area contributed by atoms with Crippen LogP contribution < -0.4 is 17.0 Å². The number of nitrogens with two attached hydrogens (primary N) is 2. The number of nitrogens with one attached hydrogen (secondary N) is 1. The zero-order chi connectivity index (χ0) is 11.3. The van der Waals surface area contributed by atoms with Gasteiger partial charge in [0, 0.05) is 0 Å². The van der Waals surface area contributed by atoms with E-state index < -0.39 is 0 Å². The van der Waals surface area contributed by atoms with Gasteiger partial charge in [-0.1, -0.05) is 29.3 Å². The molecule has 5 nitrogen and oxygen atoms in total. The lowest BCUT2D eigenvalue weighted by Gasteiger charge is -1.98. The predicted octanol–water partition coefficient (Wildman–Crippen LogP) is 1.11. The summed E-state index contributed by atoms with van der Waals surface area (Å²) in [5, 5.41) is 7.89. The van der Waals surface area contributed by atoms with E-state index in [9.17, 15) is 0 Å². The molecule has 0 spiro atoms. The van der Waals surface area contributed by atoms with Gasteiger partial charge >= 0.3 is 0 Å². The largest absolute Gasteiger partial charge is 0.367 e. The first-order valence-electron chi connectivity index (χ1n) is 3.91. The van der Waals surface area contributed by atoms with Crippen LogP contribution in [0.3, 0.4) is 0 Å². The molecule has 0 aliphatic rings. The van der Waals surface area contributed by atoms with Crippen molar-refractivity contribution < 1.29 is 0 Å². The number of hydrazone groups is 2. The highest BCUT2D eigenvalue weighted by molar-refractivity contribution is 6.42. The van der Waals surface area contributed by atoms with Crippen molar-refractivity contribution in [3.63, 3.8) is 0 Å². The summed E-state index contributed by atoms with van der Waals surface area (Å²) in [5.41, 5.74) is 8.43. The minimum absolute atomic E-state index is 0.0197. The fourth-order valence-electron chi connectivity index (χ4n) is 0.794. The molecule has 0 aromatic heterocycles. The van der Waals surface area contributed by atoms with Gasteiger partial charge in [0.15, 0.2) is 0 Å². The van der Waals surface area contributed by atoms with E-state index in [0.717, 1.165) is 5.56 Å². The van der Waals surface area contributed by atoms with Crippen LogP contribution in [0.1, 0.15) is 5.56 Å². The summed E-state index contributed by atoms with van der Waals surface area (Å²) >= 11 is 11.5. The first-order chi connectivity index (χ1) is 7.13. The van der Waals surface area contributed by atoms with E-state index in [1.54, 1.807) is 18.2 Å². The highest BCUT2D eigenvalue weighted by atomic mass is 35.5. The molecule has 0 radical (unpaired) electrons. The Morgan fingerprint density at radius 1 is 1.33 bits per heavy atom. The van der Waals surface area contributed by atoms with Crippen LogP contribution in [0, 0.1) is 0 Å². The third-order valence-corrected chi connectivity index (χ3v) is 2.21. The Kier molecular flexibility index (Phi) is 4.20. The second kappa shape index (κ2) is 5.43. The zero-order valence-corrected chi connectivity index (χ0v) is 9.13. The molecule has 0 saturated heterocycles. The van der Waals surface area contributed by atoms with Gasteiger partial charge in [-0.05, 0) is 17.7 Å². The monoisotopic (exact) mass is 245 g/mol. The quantitative estimate of drug-likeness (QED) is 0.316. The lowest BCUT2D eigenvalue weighted by atomic mass is 10.2. The molecule has 0 bridgehead atoms. The molecule has 1 aromatic rings. The molecule has 0 aliphatic carbocycles. The summed E-state index contributed by atoms with van der Waals surface area (Å²) in [6, 6.07) is 5.10. The van der Waals surface area contributed by atoms with Crippen molar-refractivity contribution >= 4 is 35.4 Å². The van der Waals surface area contributed by atoms with Crippen LogP contribution in [0.25, 0.3) is 0 Å². The van der Waals surface area contributed by atoms with Crippen LogP contribution in [-0.2, 0) is 0 Å². The molecule has 1 aromatic carbocycles. The molecule has 7 heteroatoms. The molecule has 0 amide bonds. The Labute approximate surface area is 96.7 Å². The normalized spacial score (nSPS) is 12.0. The molecular formula is C8H9Cl2N5. The highest BCUT2D eigenvalue weighted by Gasteiger charge is 1.96.